The Morgan fingerprint density at radius 2 is 1.82 bits per heavy atom. The summed E-state index contributed by atoms with van der Waals surface area (Å²) in [5.41, 5.74) is 2.13. The van der Waals surface area contributed by atoms with Crippen molar-refractivity contribution < 1.29 is 32.7 Å². The SMILES string of the molecule is Cn1cc(C(=O)Nc2cc(Cl)c(CC(=O)N3C[C@@H](N4CCN(CC(F)(F)F)CC4)C[C@H]3c3ncc(CCC(=O)O)s3)cc2Cl)c2ccccc21. The second-order valence-corrected chi connectivity index (χ2v) is 14.6. The Kier molecular flexibility index (Phi) is 10.8. The smallest absolute Gasteiger partial charge is 0.401 e. The Labute approximate surface area is 300 Å². The number of para-hydroxylation sites is 1. The highest BCUT2D eigenvalue weighted by Gasteiger charge is 2.42. The lowest BCUT2D eigenvalue weighted by Crippen LogP contribution is -2.52. The van der Waals surface area contributed by atoms with Crippen molar-refractivity contribution in [1.29, 1.82) is 0 Å². The van der Waals surface area contributed by atoms with Gasteiger partial charge in [-0.1, -0.05) is 41.4 Å². The predicted octanol–water partition coefficient (Wildman–Crippen LogP) is 6.28. The van der Waals surface area contributed by atoms with Gasteiger partial charge in [-0.2, -0.15) is 13.2 Å². The van der Waals surface area contributed by atoms with Crippen molar-refractivity contribution in [1.82, 2.24) is 24.3 Å². The minimum absolute atomic E-state index is 0.0442. The molecule has 2 aromatic carbocycles. The van der Waals surface area contributed by atoms with Crippen LogP contribution in [0.4, 0.5) is 18.9 Å². The molecule has 4 heterocycles. The average Bonchev–Trinajstić information content (AvgIpc) is 3.80. The normalized spacial score (nSPS) is 19.0. The van der Waals surface area contributed by atoms with E-state index in [0.717, 1.165) is 15.8 Å². The van der Waals surface area contributed by atoms with Gasteiger partial charge in [-0.3, -0.25) is 24.2 Å². The number of aryl methyl sites for hydroxylation is 2. The van der Waals surface area contributed by atoms with E-state index in [9.17, 15) is 27.6 Å². The molecular weight excluding hydrogens is 716 g/mol. The van der Waals surface area contributed by atoms with Crippen LogP contribution in [0.25, 0.3) is 10.9 Å². The number of alkyl halides is 3. The van der Waals surface area contributed by atoms with Crippen molar-refractivity contribution in [2.75, 3.05) is 44.6 Å². The van der Waals surface area contributed by atoms with Gasteiger partial charge in [-0.25, -0.2) is 4.98 Å². The van der Waals surface area contributed by atoms with Gasteiger partial charge in [0.1, 0.15) is 5.01 Å². The molecule has 266 valence electrons. The fraction of sp³-hybridized carbons (Fsp3) is 0.412. The lowest BCUT2D eigenvalue weighted by Gasteiger charge is -2.38. The first-order valence-corrected chi connectivity index (χ1v) is 17.7. The molecule has 50 heavy (non-hydrogen) atoms. The number of halogens is 5. The van der Waals surface area contributed by atoms with Gasteiger partial charge >= 0.3 is 12.1 Å². The number of thiazole rings is 1. The van der Waals surface area contributed by atoms with Crippen LogP contribution in [0.15, 0.2) is 48.8 Å². The summed E-state index contributed by atoms with van der Waals surface area (Å²) in [5, 5.41) is 13.9. The minimum atomic E-state index is -4.27. The molecule has 0 bridgehead atoms. The third-order valence-electron chi connectivity index (χ3n) is 9.23. The third kappa shape index (κ3) is 8.26. The van der Waals surface area contributed by atoms with E-state index < -0.39 is 24.7 Å². The zero-order chi connectivity index (χ0) is 35.7. The van der Waals surface area contributed by atoms with E-state index in [1.165, 1.54) is 22.3 Å². The number of carboxylic acids is 1. The summed E-state index contributed by atoms with van der Waals surface area (Å²) in [5.74, 6) is -1.52. The highest BCUT2D eigenvalue weighted by atomic mass is 35.5. The van der Waals surface area contributed by atoms with Crippen LogP contribution in [0.1, 0.15) is 44.7 Å². The number of aliphatic carboxylic acids is 1. The molecule has 2 aliphatic rings. The summed E-state index contributed by atoms with van der Waals surface area (Å²) in [4.78, 5) is 49.0. The number of fused-ring (bicyclic) bond motifs is 1. The Morgan fingerprint density at radius 1 is 1.08 bits per heavy atom. The van der Waals surface area contributed by atoms with Gasteiger partial charge in [0.25, 0.3) is 5.91 Å². The number of hydrogen-bond acceptors (Lipinski definition) is 7. The lowest BCUT2D eigenvalue weighted by atomic mass is 10.1. The number of rotatable bonds is 10. The Hall–Kier alpha value is -3.69. The first-order valence-electron chi connectivity index (χ1n) is 16.1. The molecule has 10 nitrogen and oxygen atoms in total. The Morgan fingerprint density at radius 3 is 2.54 bits per heavy atom. The van der Waals surface area contributed by atoms with Crippen LogP contribution in [0, 0.1) is 0 Å². The van der Waals surface area contributed by atoms with Crippen molar-refractivity contribution in [3.05, 3.63) is 79.8 Å². The van der Waals surface area contributed by atoms with Crippen LogP contribution in [0.5, 0.6) is 0 Å². The van der Waals surface area contributed by atoms with Gasteiger partial charge in [0.05, 0.1) is 41.7 Å². The number of anilines is 1. The number of carbonyl (C=O) groups excluding carboxylic acids is 2. The molecular formula is C34H35Cl2F3N6O4S. The molecule has 16 heteroatoms. The molecule has 2 N–H and O–H groups in total. The van der Waals surface area contributed by atoms with Gasteiger partial charge in [-0.15, -0.1) is 11.3 Å². The molecule has 2 fully saturated rings. The van der Waals surface area contributed by atoms with Crippen molar-refractivity contribution in [3.8, 4) is 0 Å². The van der Waals surface area contributed by atoms with Gasteiger partial charge < -0.3 is 19.9 Å². The first-order chi connectivity index (χ1) is 23.8. The van der Waals surface area contributed by atoms with Crippen LogP contribution in [-0.4, -0.2) is 98.6 Å². The maximum atomic E-state index is 14.0. The second kappa shape index (κ2) is 14.9. The van der Waals surface area contributed by atoms with E-state index in [1.807, 2.05) is 35.9 Å². The fourth-order valence-corrected chi connectivity index (χ4v) is 8.25. The number of nitrogens with zero attached hydrogens (tertiary/aromatic N) is 5. The summed E-state index contributed by atoms with van der Waals surface area (Å²) in [6.45, 7) is 0.796. The molecule has 0 saturated carbocycles. The van der Waals surface area contributed by atoms with Gasteiger partial charge in [0, 0.05) is 79.0 Å². The molecule has 6 rings (SSSR count). The average molecular weight is 752 g/mol. The molecule has 0 spiro atoms. The van der Waals surface area contributed by atoms with E-state index in [1.54, 1.807) is 23.4 Å². The number of aromatic nitrogens is 2. The molecule has 2 atom stereocenters. The topological polar surface area (TPSA) is 111 Å². The number of likely N-dealkylation sites (tertiary alicyclic amines) is 1. The quantitative estimate of drug-likeness (QED) is 0.197. The lowest BCUT2D eigenvalue weighted by molar-refractivity contribution is -0.150. The maximum absolute atomic E-state index is 14.0. The van der Waals surface area contributed by atoms with E-state index >= 15 is 0 Å². The molecule has 0 aliphatic carbocycles. The molecule has 2 amide bonds. The van der Waals surface area contributed by atoms with E-state index in [2.05, 4.69) is 15.2 Å². The summed E-state index contributed by atoms with van der Waals surface area (Å²) in [6, 6.07) is 10.1. The maximum Gasteiger partial charge on any atom is 0.401 e. The van der Waals surface area contributed by atoms with Crippen LogP contribution in [0.3, 0.4) is 0 Å². The van der Waals surface area contributed by atoms with Crippen LogP contribution in [0.2, 0.25) is 10.0 Å². The summed E-state index contributed by atoms with van der Waals surface area (Å²) >= 11 is 14.7. The van der Waals surface area contributed by atoms with Crippen LogP contribution in [-0.2, 0) is 29.5 Å². The zero-order valence-electron chi connectivity index (χ0n) is 27.1. The van der Waals surface area contributed by atoms with E-state index in [0.29, 0.717) is 54.3 Å². The summed E-state index contributed by atoms with van der Waals surface area (Å²) in [7, 11) is 1.85. The molecule has 2 saturated heterocycles. The Balaban J connectivity index is 1.18. The largest absolute Gasteiger partial charge is 0.481 e. The molecule has 4 aromatic rings. The first kappa shape index (κ1) is 36.1. The number of carbonyl (C=O) groups is 3. The summed E-state index contributed by atoms with van der Waals surface area (Å²) < 4.78 is 40.8. The number of amides is 2. The zero-order valence-corrected chi connectivity index (χ0v) is 29.4. The molecule has 0 radical (unpaired) electrons. The minimum Gasteiger partial charge on any atom is -0.481 e. The second-order valence-electron chi connectivity index (χ2n) is 12.7. The molecule has 2 aromatic heterocycles. The van der Waals surface area contributed by atoms with Gasteiger partial charge in [0.2, 0.25) is 5.91 Å². The Bertz CT molecular complexity index is 1910. The van der Waals surface area contributed by atoms with Gasteiger partial charge in [-0.05, 0) is 36.6 Å². The fourth-order valence-electron chi connectivity index (χ4n) is 6.75. The number of hydrogen-bond donors (Lipinski definition) is 2. The van der Waals surface area contributed by atoms with E-state index in [-0.39, 0.29) is 53.8 Å². The van der Waals surface area contributed by atoms with Crippen molar-refractivity contribution in [3.63, 3.8) is 0 Å². The summed E-state index contributed by atoms with van der Waals surface area (Å²) in [6.07, 6.45) is -0.176. The third-order valence-corrected chi connectivity index (χ3v) is 11.1. The highest BCUT2D eigenvalue weighted by Crippen LogP contribution is 2.38. The van der Waals surface area contributed by atoms with Crippen molar-refractivity contribution in [2.45, 2.75) is 43.9 Å². The molecule has 0 unspecified atom stereocenters. The number of carboxylic acid groups (broad SMARTS) is 1. The van der Waals surface area contributed by atoms with Crippen LogP contribution < -0.4 is 5.32 Å². The van der Waals surface area contributed by atoms with Gasteiger partial charge in [0.15, 0.2) is 0 Å². The molecule has 2 aliphatic heterocycles. The standard InChI is InChI=1S/C34H35Cl2F3N6O4S/c1-42-18-24(23-4-2-3-5-28(23)42)32(49)41-27-15-25(35)20(12-26(27)36)13-30(46)45-17-21(44-10-8-43(9-11-44)19-34(37,38)39)14-29(45)33-40-16-22(50-33)6-7-31(47)48/h2-5,12,15-16,18,21,29H,6-11,13-14,17,19H2,1H3,(H,41,49)(H,47,48)/t21-,29-/m0/s1. The number of nitrogens with one attached hydrogen (secondary N) is 1. The predicted molar refractivity (Wildman–Crippen MR) is 186 cm³/mol. The number of benzene rings is 2. The van der Waals surface area contributed by atoms with Crippen molar-refractivity contribution in [2.24, 2.45) is 7.05 Å². The monoisotopic (exact) mass is 750 g/mol. The highest BCUT2D eigenvalue weighted by molar-refractivity contribution is 7.11. The number of piperazine rings is 1. The van der Waals surface area contributed by atoms with Crippen molar-refractivity contribution >= 4 is 68.9 Å². The van der Waals surface area contributed by atoms with Crippen LogP contribution >= 0.6 is 34.5 Å². The van der Waals surface area contributed by atoms with E-state index in [4.69, 9.17) is 28.3 Å².